The number of carbonyl (C=O) groups excluding carboxylic acids is 2. The lowest BCUT2D eigenvalue weighted by molar-refractivity contribution is -0.131. The first-order valence-corrected chi connectivity index (χ1v) is 7.83. The maximum atomic E-state index is 12.8. The zero-order valence-electron chi connectivity index (χ0n) is 13.7. The van der Waals surface area contributed by atoms with Crippen molar-refractivity contribution < 1.29 is 14.3 Å². The molecule has 0 aromatic heterocycles. The first kappa shape index (κ1) is 16.5. The van der Waals surface area contributed by atoms with E-state index < -0.39 is 11.6 Å². The molecule has 1 aliphatic heterocycles. The smallest absolute Gasteiger partial charge is 0.325 e. The van der Waals surface area contributed by atoms with E-state index >= 15 is 0 Å². The molecule has 126 valence electrons. The molecule has 6 nitrogen and oxygen atoms in total. The molecular weight excluding hydrogens is 318 g/mol. The van der Waals surface area contributed by atoms with Gasteiger partial charge in [0.25, 0.3) is 5.91 Å². The van der Waals surface area contributed by atoms with Crippen LogP contribution in [-0.2, 0) is 16.9 Å². The number of ether oxygens (including phenoxy) is 1. The van der Waals surface area contributed by atoms with Crippen LogP contribution in [0.4, 0.5) is 4.79 Å². The topological polar surface area (TPSA) is 82.4 Å². The van der Waals surface area contributed by atoms with Crippen molar-refractivity contribution in [3.63, 3.8) is 0 Å². The van der Waals surface area contributed by atoms with Crippen LogP contribution < -0.4 is 10.1 Å². The molecule has 0 spiro atoms. The average Bonchev–Trinajstić information content (AvgIpc) is 2.86. The van der Waals surface area contributed by atoms with Gasteiger partial charge in [0, 0.05) is 0 Å². The molecule has 2 aromatic carbocycles. The second-order valence-corrected chi connectivity index (χ2v) is 5.90. The van der Waals surface area contributed by atoms with Gasteiger partial charge in [0.1, 0.15) is 17.4 Å². The normalized spacial score (nSPS) is 19.4. The largest absolute Gasteiger partial charge is 0.479 e. The molecule has 0 saturated carbocycles. The summed E-state index contributed by atoms with van der Waals surface area (Å²) in [4.78, 5) is 26.4. The number of nitrogens with one attached hydrogen (secondary N) is 1. The van der Waals surface area contributed by atoms with E-state index in [1.54, 1.807) is 31.2 Å². The number of urea groups is 1. The minimum atomic E-state index is -1.06. The van der Waals surface area contributed by atoms with E-state index in [4.69, 9.17) is 10.00 Å². The quantitative estimate of drug-likeness (QED) is 0.851. The third-order valence-corrected chi connectivity index (χ3v) is 4.19. The van der Waals surface area contributed by atoms with Gasteiger partial charge in [0.05, 0.1) is 6.54 Å². The Hall–Kier alpha value is -3.33. The van der Waals surface area contributed by atoms with Gasteiger partial charge in [0.15, 0.2) is 6.61 Å². The van der Waals surface area contributed by atoms with Crippen LogP contribution in [0.5, 0.6) is 5.75 Å². The van der Waals surface area contributed by atoms with Crippen LogP contribution in [0.2, 0.25) is 0 Å². The van der Waals surface area contributed by atoms with Crippen molar-refractivity contribution in [3.8, 4) is 11.8 Å². The van der Waals surface area contributed by atoms with E-state index in [9.17, 15) is 9.59 Å². The molecule has 1 N–H and O–H groups in total. The maximum absolute atomic E-state index is 12.8. The highest BCUT2D eigenvalue weighted by molar-refractivity contribution is 6.07. The average molecular weight is 335 g/mol. The molecule has 1 fully saturated rings. The van der Waals surface area contributed by atoms with Gasteiger partial charge in [-0.1, -0.05) is 42.5 Å². The Labute approximate surface area is 145 Å². The van der Waals surface area contributed by atoms with Crippen molar-refractivity contribution >= 4 is 11.9 Å². The fourth-order valence-corrected chi connectivity index (χ4v) is 2.80. The van der Waals surface area contributed by atoms with Gasteiger partial charge in [-0.15, -0.1) is 0 Å². The number of imide groups is 1. The van der Waals surface area contributed by atoms with E-state index in [1.165, 1.54) is 4.90 Å². The number of benzene rings is 2. The summed E-state index contributed by atoms with van der Waals surface area (Å²) in [5.74, 6) is 0.283. The molecule has 1 aliphatic rings. The standard InChI is InChI=1S/C19H17N3O3/c1-19(15-5-3-2-4-6-15)17(23)22(18(24)21-19)13-14-7-9-16(10-8-14)25-12-11-20/h2-10H,12-13H2,1H3,(H,21,24)/t19-/m0/s1. The summed E-state index contributed by atoms with van der Waals surface area (Å²) < 4.78 is 5.19. The first-order valence-electron chi connectivity index (χ1n) is 7.83. The van der Waals surface area contributed by atoms with Crippen molar-refractivity contribution in [2.45, 2.75) is 19.0 Å². The Bertz CT molecular complexity index is 827. The molecular formula is C19H17N3O3. The summed E-state index contributed by atoms with van der Waals surface area (Å²) in [6.07, 6.45) is 0. The van der Waals surface area contributed by atoms with Crippen molar-refractivity contribution in [3.05, 3.63) is 65.7 Å². The fraction of sp³-hybridized carbons (Fsp3) is 0.211. The van der Waals surface area contributed by atoms with Crippen LogP contribution >= 0.6 is 0 Å². The van der Waals surface area contributed by atoms with E-state index in [1.807, 2.05) is 36.4 Å². The first-order chi connectivity index (χ1) is 12.0. The summed E-state index contributed by atoms with van der Waals surface area (Å²) >= 11 is 0. The maximum Gasteiger partial charge on any atom is 0.325 e. The Balaban J connectivity index is 1.76. The molecule has 1 heterocycles. The molecule has 0 aliphatic carbocycles. The SMILES string of the molecule is C[C@@]1(c2ccccc2)NC(=O)N(Cc2ccc(OCC#N)cc2)C1=O. The molecule has 2 aromatic rings. The summed E-state index contributed by atoms with van der Waals surface area (Å²) in [5, 5.41) is 11.3. The second-order valence-electron chi connectivity index (χ2n) is 5.90. The van der Waals surface area contributed by atoms with Gasteiger partial charge in [-0.2, -0.15) is 5.26 Å². The van der Waals surface area contributed by atoms with E-state index in [-0.39, 0.29) is 19.1 Å². The summed E-state index contributed by atoms with van der Waals surface area (Å²) in [7, 11) is 0. The highest BCUT2D eigenvalue weighted by Gasteiger charge is 2.48. The molecule has 0 radical (unpaired) electrons. The molecule has 1 atom stereocenters. The fourth-order valence-electron chi connectivity index (χ4n) is 2.80. The van der Waals surface area contributed by atoms with Gasteiger partial charge in [-0.05, 0) is 30.2 Å². The zero-order valence-corrected chi connectivity index (χ0v) is 13.7. The van der Waals surface area contributed by atoms with E-state index in [2.05, 4.69) is 5.32 Å². The predicted octanol–water partition coefficient (Wildman–Crippen LogP) is 2.56. The van der Waals surface area contributed by atoms with Gasteiger partial charge in [-0.3, -0.25) is 9.69 Å². The number of rotatable bonds is 5. The van der Waals surface area contributed by atoms with Crippen LogP contribution in [0.25, 0.3) is 0 Å². The molecule has 6 heteroatoms. The number of carbonyl (C=O) groups is 2. The third-order valence-electron chi connectivity index (χ3n) is 4.19. The Morgan fingerprint density at radius 1 is 1.12 bits per heavy atom. The Kier molecular flexibility index (Phi) is 4.40. The lowest BCUT2D eigenvalue weighted by Crippen LogP contribution is -2.40. The summed E-state index contributed by atoms with van der Waals surface area (Å²) in [6, 6.07) is 17.6. The lowest BCUT2D eigenvalue weighted by Gasteiger charge is -2.22. The number of nitriles is 1. The van der Waals surface area contributed by atoms with Gasteiger partial charge in [-0.25, -0.2) is 4.79 Å². The lowest BCUT2D eigenvalue weighted by atomic mass is 9.92. The molecule has 25 heavy (non-hydrogen) atoms. The van der Waals surface area contributed by atoms with Crippen molar-refractivity contribution in [1.82, 2.24) is 10.2 Å². The van der Waals surface area contributed by atoms with Crippen LogP contribution in [0.1, 0.15) is 18.1 Å². The molecule has 1 saturated heterocycles. The van der Waals surface area contributed by atoms with Crippen LogP contribution in [-0.4, -0.2) is 23.4 Å². The predicted molar refractivity (Wildman–Crippen MR) is 90.4 cm³/mol. The van der Waals surface area contributed by atoms with E-state index in [0.717, 1.165) is 11.1 Å². The van der Waals surface area contributed by atoms with Crippen molar-refractivity contribution in [2.75, 3.05) is 6.61 Å². The number of hydrogen-bond acceptors (Lipinski definition) is 4. The zero-order chi connectivity index (χ0) is 17.9. The number of amides is 3. The van der Waals surface area contributed by atoms with Gasteiger partial charge < -0.3 is 10.1 Å². The van der Waals surface area contributed by atoms with Crippen LogP contribution in [0, 0.1) is 11.3 Å². The van der Waals surface area contributed by atoms with Crippen LogP contribution in [0.15, 0.2) is 54.6 Å². The third kappa shape index (κ3) is 3.17. The van der Waals surface area contributed by atoms with Gasteiger partial charge >= 0.3 is 6.03 Å². The molecule has 3 amide bonds. The summed E-state index contributed by atoms with van der Waals surface area (Å²) in [5.41, 5.74) is 0.481. The minimum Gasteiger partial charge on any atom is -0.479 e. The highest BCUT2D eigenvalue weighted by Crippen LogP contribution is 2.29. The number of hydrogen-bond donors (Lipinski definition) is 1. The van der Waals surface area contributed by atoms with Crippen molar-refractivity contribution in [2.24, 2.45) is 0 Å². The Morgan fingerprint density at radius 3 is 2.44 bits per heavy atom. The van der Waals surface area contributed by atoms with Crippen molar-refractivity contribution in [1.29, 1.82) is 5.26 Å². The molecule has 0 unspecified atom stereocenters. The Morgan fingerprint density at radius 2 is 1.80 bits per heavy atom. The summed E-state index contributed by atoms with van der Waals surface area (Å²) in [6.45, 7) is 1.86. The number of nitrogens with zero attached hydrogens (tertiary/aromatic N) is 2. The second kappa shape index (κ2) is 6.65. The molecule has 3 rings (SSSR count). The van der Waals surface area contributed by atoms with E-state index in [0.29, 0.717) is 5.75 Å². The van der Waals surface area contributed by atoms with Gasteiger partial charge in [0.2, 0.25) is 0 Å². The van der Waals surface area contributed by atoms with Crippen LogP contribution in [0.3, 0.4) is 0 Å². The molecule has 0 bridgehead atoms. The highest BCUT2D eigenvalue weighted by atomic mass is 16.5. The minimum absolute atomic E-state index is 0.0260. The monoisotopic (exact) mass is 335 g/mol.